The van der Waals surface area contributed by atoms with Crippen LogP contribution in [0.5, 0.6) is 0 Å². The number of aromatic nitrogens is 1. The molecule has 2 aliphatic carbocycles. The summed E-state index contributed by atoms with van der Waals surface area (Å²) in [6.45, 7) is 8.20. The highest BCUT2D eigenvalue weighted by Crippen LogP contribution is 2.50. The fourth-order valence-electron chi connectivity index (χ4n) is 3.89. The third kappa shape index (κ3) is 2.68. The van der Waals surface area contributed by atoms with E-state index >= 15 is 0 Å². The Morgan fingerprint density at radius 3 is 2.79 bits per heavy atom. The van der Waals surface area contributed by atoms with Crippen LogP contribution in [-0.2, 0) is 4.74 Å². The van der Waals surface area contributed by atoms with Crippen LogP contribution in [0.2, 0.25) is 5.15 Å². The van der Waals surface area contributed by atoms with E-state index in [9.17, 15) is 5.26 Å². The lowest BCUT2D eigenvalue weighted by Crippen LogP contribution is -2.40. The topological polar surface area (TPSA) is 49.1 Å². The molecule has 3 atom stereocenters. The highest BCUT2D eigenvalue weighted by molar-refractivity contribution is 6.30. The molecule has 0 amide bonds. The van der Waals surface area contributed by atoms with E-state index in [4.69, 9.17) is 16.3 Å². The van der Waals surface area contributed by atoms with Crippen LogP contribution in [0.25, 0.3) is 0 Å². The molecule has 0 aromatic carbocycles. The zero-order valence-corrected chi connectivity index (χ0v) is 15.4. The highest BCUT2D eigenvalue weighted by Gasteiger charge is 2.52. The minimum absolute atomic E-state index is 0.327. The number of nitrogens with zero attached hydrogens (tertiary/aromatic N) is 3. The molecule has 3 unspecified atom stereocenters. The Bertz CT molecular complexity index is 722. The fourth-order valence-corrected chi connectivity index (χ4v) is 4.16. The monoisotopic (exact) mass is 345 g/mol. The van der Waals surface area contributed by atoms with Gasteiger partial charge in [0.05, 0.1) is 18.3 Å². The molecule has 1 saturated heterocycles. The van der Waals surface area contributed by atoms with Crippen molar-refractivity contribution in [2.45, 2.75) is 58.6 Å². The van der Waals surface area contributed by atoms with Gasteiger partial charge in [-0.3, -0.25) is 0 Å². The summed E-state index contributed by atoms with van der Waals surface area (Å²) in [6, 6.07) is 2.69. The average Bonchev–Trinajstić information content (AvgIpc) is 3.46. The summed E-state index contributed by atoms with van der Waals surface area (Å²) in [4.78, 5) is 6.94. The molecule has 0 radical (unpaired) electrons. The molecule has 3 aliphatic rings. The Kier molecular flexibility index (Phi) is 3.78. The molecule has 4 nitrogen and oxygen atoms in total. The number of hydrogen-bond acceptors (Lipinski definition) is 4. The summed E-state index contributed by atoms with van der Waals surface area (Å²) in [6.07, 6.45) is 5.26. The van der Waals surface area contributed by atoms with E-state index in [2.05, 4.69) is 22.9 Å². The van der Waals surface area contributed by atoms with Crippen LogP contribution in [0.3, 0.4) is 0 Å². The molecule has 1 aromatic rings. The summed E-state index contributed by atoms with van der Waals surface area (Å²) in [5.74, 6) is 1.58. The number of rotatable bonds is 4. The lowest BCUT2D eigenvalue weighted by Gasteiger charge is -2.34. The maximum absolute atomic E-state index is 9.25. The number of hydrogen-bond donors (Lipinski definition) is 0. The van der Waals surface area contributed by atoms with Crippen molar-refractivity contribution in [3.8, 4) is 6.07 Å². The van der Waals surface area contributed by atoms with Crippen molar-refractivity contribution in [3.05, 3.63) is 21.8 Å². The summed E-state index contributed by atoms with van der Waals surface area (Å²) < 4.78 is 6.25. The molecule has 0 spiro atoms. The summed E-state index contributed by atoms with van der Waals surface area (Å²) in [5.41, 5.74) is 2.98. The molecule has 2 saturated carbocycles. The third-order valence-corrected chi connectivity index (χ3v) is 6.43. The molecule has 1 aromatic heterocycles. The molecule has 24 heavy (non-hydrogen) atoms. The quantitative estimate of drug-likeness (QED) is 0.774. The minimum atomic E-state index is 0.327. The number of anilines is 1. The summed E-state index contributed by atoms with van der Waals surface area (Å²) >= 11 is 6.24. The first-order chi connectivity index (χ1) is 11.4. The Balaban J connectivity index is 1.49. The second-order valence-electron chi connectivity index (χ2n) is 8.07. The average molecular weight is 346 g/mol. The Hall–Kier alpha value is -1.31. The fraction of sp³-hybridized carbons (Fsp3) is 0.684. The Morgan fingerprint density at radius 2 is 2.12 bits per heavy atom. The zero-order valence-electron chi connectivity index (χ0n) is 14.6. The predicted molar refractivity (Wildman–Crippen MR) is 94.4 cm³/mol. The number of piperidine rings is 1. The van der Waals surface area contributed by atoms with Gasteiger partial charge in [-0.25, -0.2) is 4.98 Å². The van der Waals surface area contributed by atoms with E-state index in [1.807, 2.05) is 13.8 Å². The van der Waals surface area contributed by atoms with Crippen molar-refractivity contribution in [1.29, 1.82) is 5.26 Å². The van der Waals surface area contributed by atoms with E-state index in [-0.39, 0.29) is 0 Å². The number of halogens is 1. The molecule has 0 bridgehead atoms. The zero-order chi connectivity index (χ0) is 17.1. The van der Waals surface area contributed by atoms with Crippen LogP contribution >= 0.6 is 11.6 Å². The lowest BCUT2D eigenvalue weighted by atomic mass is 10.0. The molecular formula is C19H24ClN3O. The SMILES string of the molecule is Cc1c(N2CCC(OCC3(C)CC3)C3CC32)nc(Cl)c(C#N)c1C. The normalized spacial score (nSPS) is 29.8. The van der Waals surface area contributed by atoms with Gasteiger partial charge in [0.15, 0.2) is 0 Å². The first-order valence-corrected chi connectivity index (χ1v) is 9.26. The number of fused-ring (bicyclic) bond motifs is 1. The van der Waals surface area contributed by atoms with Crippen LogP contribution in [0.15, 0.2) is 0 Å². The van der Waals surface area contributed by atoms with Gasteiger partial charge in [0, 0.05) is 18.5 Å². The minimum Gasteiger partial charge on any atom is -0.377 e. The molecule has 5 heteroatoms. The van der Waals surface area contributed by atoms with E-state index < -0.39 is 0 Å². The maximum atomic E-state index is 9.25. The predicted octanol–water partition coefficient (Wildman–Crippen LogP) is 4.01. The molecule has 0 N–H and O–H groups in total. The standard InChI is InChI=1S/C19H24ClN3O/c1-11-12(2)18(22-17(20)14(11)9-21)23-7-4-16(13-8-15(13)23)24-10-19(3)5-6-19/h13,15-16H,4-8,10H2,1-3H3. The largest absolute Gasteiger partial charge is 0.377 e. The Labute approximate surface area is 148 Å². The van der Waals surface area contributed by atoms with Gasteiger partial charge in [-0.05, 0) is 56.1 Å². The maximum Gasteiger partial charge on any atom is 0.149 e. The summed E-state index contributed by atoms with van der Waals surface area (Å²) in [5, 5.41) is 9.57. The van der Waals surface area contributed by atoms with Crippen LogP contribution in [0.4, 0.5) is 5.82 Å². The van der Waals surface area contributed by atoms with E-state index in [1.54, 1.807) is 0 Å². The lowest BCUT2D eigenvalue weighted by molar-refractivity contribution is 0.00311. The van der Waals surface area contributed by atoms with Crippen molar-refractivity contribution < 1.29 is 4.74 Å². The van der Waals surface area contributed by atoms with Crippen LogP contribution < -0.4 is 4.90 Å². The van der Waals surface area contributed by atoms with Gasteiger partial charge in [0.2, 0.25) is 0 Å². The molecular weight excluding hydrogens is 322 g/mol. The van der Waals surface area contributed by atoms with E-state index in [1.165, 1.54) is 19.3 Å². The van der Waals surface area contributed by atoms with Crippen molar-refractivity contribution in [1.82, 2.24) is 4.98 Å². The molecule has 4 rings (SSSR count). The smallest absolute Gasteiger partial charge is 0.149 e. The van der Waals surface area contributed by atoms with Crippen molar-refractivity contribution in [3.63, 3.8) is 0 Å². The molecule has 2 heterocycles. The number of pyridine rings is 1. The Morgan fingerprint density at radius 1 is 1.38 bits per heavy atom. The van der Waals surface area contributed by atoms with Gasteiger partial charge in [-0.2, -0.15) is 5.26 Å². The van der Waals surface area contributed by atoms with Crippen LogP contribution in [-0.4, -0.2) is 30.3 Å². The number of nitriles is 1. The van der Waals surface area contributed by atoms with Gasteiger partial charge in [0.25, 0.3) is 0 Å². The van der Waals surface area contributed by atoms with Gasteiger partial charge in [-0.15, -0.1) is 0 Å². The van der Waals surface area contributed by atoms with Crippen molar-refractivity contribution in [2.24, 2.45) is 11.3 Å². The first kappa shape index (κ1) is 16.2. The van der Waals surface area contributed by atoms with Crippen molar-refractivity contribution in [2.75, 3.05) is 18.1 Å². The number of ether oxygens (including phenoxy) is 1. The molecule has 3 fully saturated rings. The van der Waals surface area contributed by atoms with Gasteiger partial charge >= 0.3 is 0 Å². The summed E-state index contributed by atoms with van der Waals surface area (Å²) in [7, 11) is 0. The molecule has 1 aliphatic heterocycles. The van der Waals surface area contributed by atoms with E-state index in [0.29, 0.717) is 34.2 Å². The first-order valence-electron chi connectivity index (χ1n) is 8.88. The second kappa shape index (κ2) is 5.61. The van der Waals surface area contributed by atoms with Crippen LogP contribution in [0.1, 0.15) is 49.3 Å². The van der Waals surface area contributed by atoms with Gasteiger partial charge in [0.1, 0.15) is 17.0 Å². The highest BCUT2D eigenvalue weighted by atomic mass is 35.5. The molecule has 128 valence electrons. The van der Waals surface area contributed by atoms with Gasteiger partial charge in [-0.1, -0.05) is 18.5 Å². The van der Waals surface area contributed by atoms with Crippen LogP contribution in [0, 0.1) is 36.5 Å². The third-order valence-electron chi connectivity index (χ3n) is 6.15. The van der Waals surface area contributed by atoms with Gasteiger partial charge < -0.3 is 9.64 Å². The van der Waals surface area contributed by atoms with E-state index in [0.717, 1.165) is 36.5 Å². The second-order valence-corrected chi connectivity index (χ2v) is 8.43. The van der Waals surface area contributed by atoms with Crippen molar-refractivity contribution >= 4 is 17.4 Å².